The van der Waals surface area contributed by atoms with Gasteiger partial charge in [0.05, 0.1) is 12.3 Å². The van der Waals surface area contributed by atoms with E-state index in [9.17, 15) is 9.59 Å². The Bertz CT molecular complexity index is 770. The highest BCUT2D eigenvalue weighted by Gasteiger charge is 2.31. The maximum atomic E-state index is 12.5. The van der Waals surface area contributed by atoms with Crippen molar-refractivity contribution >= 4 is 17.9 Å². The van der Waals surface area contributed by atoms with Crippen molar-refractivity contribution in [3.8, 4) is 11.5 Å². The van der Waals surface area contributed by atoms with Gasteiger partial charge < -0.3 is 14.4 Å². The second-order valence-corrected chi connectivity index (χ2v) is 6.11. The highest BCUT2D eigenvalue weighted by molar-refractivity contribution is 6.00. The number of carbonyl (C=O) groups excluding carboxylic acids is 2. The van der Waals surface area contributed by atoms with Crippen molar-refractivity contribution in [3.63, 3.8) is 0 Å². The van der Waals surface area contributed by atoms with E-state index in [-0.39, 0.29) is 5.91 Å². The van der Waals surface area contributed by atoms with E-state index in [0.717, 1.165) is 12.0 Å². The van der Waals surface area contributed by atoms with Gasteiger partial charge in [-0.3, -0.25) is 9.59 Å². The number of nitrogens with zero attached hydrogens (tertiary/aromatic N) is 1. The topological polar surface area (TPSA) is 55.8 Å². The van der Waals surface area contributed by atoms with Crippen LogP contribution in [0.15, 0.2) is 42.5 Å². The minimum Gasteiger partial charge on any atom is -0.494 e. The monoisotopic (exact) mass is 339 g/mol. The Morgan fingerprint density at radius 3 is 2.68 bits per heavy atom. The van der Waals surface area contributed by atoms with Crippen molar-refractivity contribution in [3.05, 3.63) is 53.6 Å². The summed E-state index contributed by atoms with van der Waals surface area (Å²) in [6.45, 7) is 4.77. The molecule has 2 aromatic carbocycles. The van der Waals surface area contributed by atoms with Crippen LogP contribution in [0.4, 0.5) is 5.69 Å². The molecule has 5 nitrogen and oxygen atoms in total. The zero-order valence-corrected chi connectivity index (χ0v) is 14.4. The van der Waals surface area contributed by atoms with Gasteiger partial charge in [0, 0.05) is 12.1 Å². The average molecular weight is 339 g/mol. The van der Waals surface area contributed by atoms with Crippen molar-refractivity contribution in [2.45, 2.75) is 26.4 Å². The number of hydrogen-bond donors (Lipinski definition) is 0. The summed E-state index contributed by atoms with van der Waals surface area (Å²) in [5.74, 6) is 1.33. The molecule has 0 saturated carbocycles. The number of rotatable bonds is 6. The number of hydrogen-bond acceptors (Lipinski definition) is 4. The third-order valence-corrected chi connectivity index (χ3v) is 4.14. The molecule has 0 bridgehead atoms. The SMILES string of the molecule is Cc1ccc(OCCCN2C(=O)C(C)Oc3ccc(C=O)cc32)cc1. The number of aryl methyl sites for hydroxylation is 1. The molecule has 1 unspecified atom stereocenters. The number of fused-ring (bicyclic) bond motifs is 1. The van der Waals surface area contributed by atoms with Gasteiger partial charge in [0.25, 0.3) is 5.91 Å². The first-order valence-electron chi connectivity index (χ1n) is 8.35. The average Bonchev–Trinajstić information content (AvgIpc) is 2.62. The highest BCUT2D eigenvalue weighted by Crippen LogP contribution is 2.34. The summed E-state index contributed by atoms with van der Waals surface area (Å²) in [4.78, 5) is 25.2. The second kappa shape index (κ2) is 7.38. The second-order valence-electron chi connectivity index (χ2n) is 6.11. The molecule has 130 valence electrons. The Hall–Kier alpha value is -2.82. The van der Waals surface area contributed by atoms with Crippen molar-refractivity contribution in [2.24, 2.45) is 0 Å². The van der Waals surface area contributed by atoms with Gasteiger partial charge in [0.2, 0.25) is 0 Å². The number of anilines is 1. The maximum absolute atomic E-state index is 12.5. The lowest BCUT2D eigenvalue weighted by molar-refractivity contribution is -0.125. The summed E-state index contributed by atoms with van der Waals surface area (Å²) >= 11 is 0. The number of aldehydes is 1. The maximum Gasteiger partial charge on any atom is 0.267 e. The van der Waals surface area contributed by atoms with E-state index in [1.165, 1.54) is 5.56 Å². The van der Waals surface area contributed by atoms with Crippen LogP contribution in [0.1, 0.15) is 29.3 Å². The lowest BCUT2D eigenvalue weighted by Crippen LogP contribution is -2.45. The van der Waals surface area contributed by atoms with Crippen LogP contribution in [-0.4, -0.2) is 31.4 Å². The molecule has 0 fully saturated rings. The Morgan fingerprint density at radius 2 is 1.96 bits per heavy atom. The van der Waals surface area contributed by atoms with Crippen molar-refractivity contribution < 1.29 is 19.1 Å². The molecule has 2 aromatic rings. The Labute approximate surface area is 147 Å². The van der Waals surface area contributed by atoms with Gasteiger partial charge >= 0.3 is 0 Å². The summed E-state index contributed by atoms with van der Waals surface area (Å²) in [6.07, 6.45) is 0.908. The molecule has 0 radical (unpaired) electrons. The van der Waals surface area contributed by atoms with Crippen LogP contribution in [0.5, 0.6) is 11.5 Å². The molecule has 1 aliphatic heterocycles. The van der Waals surface area contributed by atoms with Gasteiger partial charge in [-0.15, -0.1) is 0 Å². The molecule has 1 aliphatic rings. The van der Waals surface area contributed by atoms with E-state index in [1.54, 1.807) is 30.0 Å². The van der Waals surface area contributed by atoms with Crippen LogP contribution in [0.3, 0.4) is 0 Å². The molecular formula is C20H21NO4. The third-order valence-electron chi connectivity index (χ3n) is 4.14. The quantitative estimate of drug-likeness (QED) is 0.598. The van der Waals surface area contributed by atoms with E-state index >= 15 is 0 Å². The largest absolute Gasteiger partial charge is 0.494 e. The van der Waals surface area contributed by atoms with Gasteiger partial charge in [-0.05, 0) is 50.6 Å². The fraction of sp³-hybridized carbons (Fsp3) is 0.300. The van der Waals surface area contributed by atoms with Gasteiger partial charge in [-0.25, -0.2) is 0 Å². The van der Waals surface area contributed by atoms with Crippen LogP contribution < -0.4 is 14.4 Å². The number of benzene rings is 2. The van der Waals surface area contributed by atoms with Crippen LogP contribution in [0, 0.1) is 6.92 Å². The lowest BCUT2D eigenvalue weighted by atomic mass is 10.1. The molecule has 25 heavy (non-hydrogen) atoms. The van der Waals surface area contributed by atoms with E-state index in [0.29, 0.717) is 36.6 Å². The molecule has 0 spiro atoms. The van der Waals surface area contributed by atoms with Crippen LogP contribution >= 0.6 is 0 Å². The summed E-state index contributed by atoms with van der Waals surface area (Å²) in [6, 6.07) is 13.0. The van der Waals surface area contributed by atoms with Crippen LogP contribution in [-0.2, 0) is 4.79 Å². The summed E-state index contributed by atoms with van der Waals surface area (Å²) in [5.41, 5.74) is 2.34. The van der Waals surface area contributed by atoms with Gasteiger partial charge in [0.15, 0.2) is 6.10 Å². The minimum absolute atomic E-state index is 0.106. The summed E-state index contributed by atoms with van der Waals surface area (Å²) < 4.78 is 11.3. The van der Waals surface area contributed by atoms with Crippen molar-refractivity contribution in [1.82, 2.24) is 0 Å². The molecule has 1 atom stereocenters. The van der Waals surface area contributed by atoms with E-state index < -0.39 is 6.10 Å². The van der Waals surface area contributed by atoms with E-state index in [4.69, 9.17) is 9.47 Å². The zero-order valence-electron chi connectivity index (χ0n) is 14.4. The normalized spacial score (nSPS) is 16.2. The summed E-state index contributed by atoms with van der Waals surface area (Å²) in [5, 5.41) is 0. The van der Waals surface area contributed by atoms with E-state index in [2.05, 4.69) is 0 Å². The molecule has 3 rings (SSSR count). The molecule has 1 heterocycles. The Balaban J connectivity index is 1.65. The summed E-state index contributed by atoms with van der Waals surface area (Å²) in [7, 11) is 0. The van der Waals surface area contributed by atoms with Gasteiger partial charge in [0.1, 0.15) is 17.8 Å². The molecular weight excluding hydrogens is 318 g/mol. The Kier molecular flexibility index (Phi) is 5.03. The highest BCUT2D eigenvalue weighted by atomic mass is 16.5. The number of carbonyl (C=O) groups is 2. The first-order valence-corrected chi connectivity index (χ1v) is 8.35. The zero-order chi connectivity index (χ0) is 17.8. The lowest BCUT2D eigenvalue weighted by Gasteiger charge is -2.33. The number of ether oxygens (including phenoxy) is 2. The molecule has 0 N–H and O–H groups in total. The van der Waals surface area contributed by atoms with E-state index in [1.807, 2.05) is 31.2 Å². The van der Waals surface area contributed by atoms with Gasteiger partial charge in [-0.2, -0.15) is 0 Å². The molecule has 1 amide bonds. The Morgan fingerprint density at radius 1 is 1.20 bits per heavy atom. The number of amides is 1. The first-order chi connectivity index (χ1) is 12.1. The fourth-order valence-corrected chi connectivity index (χ4v) is 2.78. The minimum atomic E-state index is -0.535. The van der Waals surface area contributed by atoms with Crippen molar-refractivity contribution in [2.75, 3.05) is 18.1 Å². The van der Waals surface area contributed by atoms with Crippen LogP contribution in [0.25, 0.3) is 0 Å². The predicted molar refractivity (Wildman–Crippen MR) is 95.6 cm³/mol. The first kappa shape index (κ1) is 17.0. The molecule has 5 heteroatoms. The third kappa shape index (κ3) is 3.82. The standard InChI is InChI=1S/C20H21NO4/c1-14-4-7-17(8-5-14)24-11-3-10-21-18-12-16(13-22)6-9-19(18)25-15(2)20(21)23/h4-9,12-13,15H,3,10-11H2,1-2H3. The smallest absolute Gasteiger partial charge is 0.267 e. The molecule has 0 aromatic heterocycles. The predicted octanol–water partition coefficient (Wildman–Crippen LogP) is 3.39. The molecule has 0 aliphatic carbocycles. The fourth-order valence-electron chi connectivity index (χ4n) is 2.78. The van der Waals surface area contributed by atoms with Gasteiger partial charge in [-0.1, -0.05) is 17.7 Å². The van der Waals surface area contributed by atoms with Crippen LogP contribution in [0.2, 0.25) is 0 Å². The molecule has 0 saturated heterocycles. The van der Waals surface area contributed by atoms with Crippen molar-refractivity contribution in [1.29, 1.82) is 0 Å².